The second-order valence-corrected chi connectivity index (χ2v) is 9.34. The molecule has 36 heavy (non-hydrogen) atoms. The van der Waals surface area contributed by atoms with Crippen molar-refractivity contribution in [3.05, 3.63) is 76.8 Å². The van der Waals surface area contributed by atoms with E-state index in [2.05, 4.69) is 27.4 Å². The molecular formula is C26H29ClN6O3. The maximum Gasteiger partial charge on any atom is 0.270 e. The fourth-order valence-electron chi connectivity index (χ4n) is 4.19. The summed E-state index contributed by atoms with van der Waals surface area (Å²) in [4.78, 5) is 43.9. The minimum atomic E-state index is -0.785. The summed E-state index contributed by atoms with van der Waals surface area (Å²) in [6.45, 7) is 5.47. The monoisotopic (exact) mass is 508 g/mol. The molecule has 3 amide bonds. The topological polar surface area (TPSA) is 122 Å². The van der Waals surface area contributed by atoms with Gasteiger partial charge in [-0.3, -0.25) is 19.0 Å². The number of imidazole rings is 1. The van der Waals surface area contributed by atoms with Crippen molar-refractivity contribution < 1.29 is 14.4 Å². The van der Waals surface area contributed by atoms with Crippen molar-refractivity contribution in [1.82, 2.24) is 19.8 Å². The molecule has 0 spiro atoms. The van der Waals surface area contributed by atoms with Gasteiger partial charge in [-0.15, -0.1) is 0 Å². The number of anilines is 1. The number of aromatic nitrogens is 2. The molecule has 0 unspecified atom stereocenters. The number of rotatable bonds is 8. The van der Waals surface area contributed by atoms with Gasteiger partial charge in [0.05, 0.1) is 10.6 Å². The molecule has 2 aromatic carbocycles. The van der Waals surface area contributed by atoms with E-state index in [1.807, 2.05) is 0 Å². The van der Waals surface area contributed by atoms with E-state index in [-0.39, 0.29) is 17.3 Å². The van der Waals surface area contributed by atoms with Crippen molar-refractivity contribution in [1.29, 1.82) is 0 Å². The summed E-state index contributed by atoms with van der Waals surface area (Å²) in [7, 11) is 0. The van der Waals surface area contributed by atoms with Crippen LogP contribution >= 0.6 is 11.6 Å². The Kier molecular flexibility index (Phi) is 8.02. The number of primary amides is 1. The van der Waals surface area contributed by atoms with Gasteiger partial charge in [0.2, 0.25) is 0 Å². The molecule has 1 aliphatic rings. The first-order valence-electron chi connectivity index (χ1n) is 11.9. The number of amides is 3. The number of nitrogens with zero attached hydrogens (tertiary/aromatic N) is 3. The van der Waals surface area contributed by atoms with E-state index < -0.39 is 11.8 Å². The predicted molar refractivity (Wildman–Crippen MR) is 139 cm³/mol. The van der Waals surface area contributed by atoms with Gasteiger partial charge in [-0.1, -0.05) is 30.7 Å². The SMILES string of the molecule is CC1CCN(CCNC(=O)c2c(C(N)=O)ncn2-c2ccc(NC(=O)c3ccccc3Cl)cc2)CC1. The molecule has 9 nitrogen and oxygen atoms in total. The first-order valence-corrected chi connectivity index (χ1v) is 12.3. The third-order valence-corrected chi connectivity index (χ3v) is 6.66. The Morgan fingerprint density at radius 3 is 2.42 bits per heavy atom. The summed E-state index contributed by atoms with van der Waals surface area (Å²) in [5.74, 6) is -0.815. The molecule has 0 atom stereocenters. The van der Waals surface area contributed by atoms with E-state index in [0.717, 1.165) is 38.4 Å². The Hall–Kier alpha value is -3.69. The van der Waals surface area contributed by atoms with Crippen molar-refractivity contribution in [2.24, 2.45) is 11.7 Å². The highest BCUT2D eigenvalue weighted by atomic mass is 35.5. The number of piperidine rings is 1. The minimum absolute atomic E-state index is 0.0719. The van der Waals surface area contributed by atoms with Crippen LogP contribution in [0.25, 0.3) is 5.69 Å². The highest BCUT2D eigenvalue weighted by Crippen LogP contribution is 2.21. The van der Waals surface area contributed by atoms with Crippen molar-refractivity contribution in [2.75, 3.05) is 31.5 Å². The van der Waals surface area contributed by atoms with Crippen LogP contribution in [-0.2, 0) is 0 Å². The molecule has 188 valence electrons. The molecule has 1 aromatic heterocycles. The Balaban J connectivity index is 1.46. The van der Waals surface area contributed by atoms with E-state index in [9.17, 15) is 14.4 Å². The summed E-state index contributed by atoms with van der Waals surface area (Å²) in [6, 6.07) is 13.6. The molecule has 1 saturated heterocycles. The summed E-state index contributed by atoms with van der Waals surface area (Å²) in [5.41, 5.74) is 6.95. The standard InChI is InChI=1S/C26H29ClN6O3/c1-17-10-13-32(14-11-17)15-12-29-26(36)23-22(24(28)34)30-16-33(23)19-8-6-18(7-9-19)31-25(35)20-4-2-3-5-21(20)27/h2-9,16-17H,10-15H2,1H3,(H2,28,34)(H,29,36)(H,31,35). The Labute approximate surface area is 214 Å². The minimum Gasteiger partial charge on any atom is -0.364 e. The average molecular weight is 509 g/mol. The molecule has 4 N–H and O–H groups in total. The number of likely N-dealkylation sites (tertiary alicyclic amines) is 1. The molecule has 4 rings (SSSR count). The number of nitrogens with two attached hydrogens (primary N) is 1. The molecule has 0 radical (unpaired) electrons. The Morgan fingerprint density at radius 2 is 1.75 bits per heavy atom. The van der Waals surface area contributed by atoms with E-state index >= 15 is 0 Å². The highest BCUT2D eigenvalue weighted by Gasteiger charge is 2.23. The summed E-state index contributed by atoms with van der Waals surface area (Å²) in [6.07, 6.45) is 3.70. The Bertz CT molecular complexity index is 1250. The lowest BCUT2D eigenvalue weighted by Crippen LogP contribution is -2.39. The van der Waals surface area contributed by atoms with Crippen LogP contribution in [0.15, 0.2) is 54.9 Å². The third-order valence-electron chi connectivity index (χ3n) is 6.33. The highest BCUT2D eigenvalue weighted by molar-refractivity contribution is 6.34. The Morgan fingerprint density at radius 1 is 1.06 bits per heavy atom. The van der Waals surface area contributed by atoms with E-state index in [1.165, 1.54) is 10.9 Å². The van der Waals surface area contributed by atoms with Crippen LogP contribution in [0.2, 0.25) is 5.02 Å². The number of hydrogen-bond donors (Lipinski definition) is 3. The average Bonchev–Trinajstić information content (AvgIpc) is 3.32. The maximum absolute atomic E-state index is 13.1. The summed E-state index contributed by atoms with van der Waals surface area (Å²) in [5, 5.41) is 6.04. The van der Waals surface area contributed by atoms with Gasteiger partial charge >= 0.3 is 0 Å². The van der Waals surface area contributed by atoms with Gasteiger partial charge in [0.1, 0.15) is 12.0 Å². The molecular weight excluding hydrogens is 480 g/mol. The van der Waals surface area contributed by atoms with Gasteiger partial charge in [-0.2, -0.15) is 0 Å². The van der Waals surface area contributed by atoms with Crippen LogP contribution in [0, 0.1) is 5.92 Å². The lowest BCUT2D eigenvalue weighted by atomic mass is 9.99. The van der Waals surface area contributed by atoms with Crippen LogP contribution < -0.4 is 16.4 Å². The van der Waals surface area contributed by atoms with Crippen LogP contribution in [0.1, 0.15) is 51.1 Å². The number of carbonyl (C=O) groups is 3. The van der Waals surface area contributed by atoms with Gasteiger partial charge in [-0.05, 0) is 68.2 Å². The second kappa shape index (κ2) is 11.4. The first kappa shape index (κ1) is 25.4. The molecule has 0 saturated carbocycles. The number of nitrogens with one attached hydrogen (secondary N) is 2. The second-order valence-electron chi connectivity index (χ2n) is 8.94. The van der Waals surface area contributed by atoms with E-state index in [0.29, 0.717) is 28.5 Å². The lowest BCUT2D eigenvalue weighted by Gasteiger charge is -2.30. The van der Waals surface area contributed by atoms with Gasteiger partial charge in [0, 0.05) is 24.5 Å². The zero-order valence-corrected chi connectivity index (χ0v) is 20.8. The molecule has 2 heterocycles. The maximum atomic E-state index is 13.1. The molecule has 1 aliphatic heterocycles. The van der Waals surface area contributed by atoms with Crippen molar-refractivity contribution >= 4 is 35.0 Å². The fraction of sp³-hybridized carbons (Fsp3) is 0.308. The molecule has 3 aromatic rings. The van der Waals surface area contributed by atoms with Gasteiger partial charge in [-0.25, -0.2) is 4.98 Å². The number of benzene rings is 2. The largest absolute Gasteiger partial charge is 0.364 e. The quantitative estimate of drug-likeness (QED) is 0.430. The van der Waals surface area contributed by atoms with Gasteiger partial charge < -0.3 is 21.3 Å². The number of carbonyl (C=O) groups excluding carboxylic acids is 3. The smallest absolute Gasteiger partial charge is 0.270 e. The van der Waals surface area contributed by atoms with Crippen molar-refractivity contribution in [3.8, 4) is 5.69 Å². The van der Waals surface area contributed by atoms with Crippen LogP contribution in [0.3, 0.4) is 0 Å². The predicted octanol–water partition coefficient (Wildman–Crippen LogP) is 3.34. The van der Waals surface area contributed by atoms with Crippen LogP contribution in [0.4, 0.5) is 5.69 Å². The van der Waals surface area contributed by atoms with E-state index in [4.69, 9.17) is 17.3 Å². The van der Waals surface area contributed by atoms with Crippen LogP contribution in [0.5, 0.6) is 0 Å². The van der Waals surface area contributed by atoms with Gasteiger partial charge in [0.15, 0.2) is 5.69 Å². The normalized spacial score (nSPS) is 14.4. The summed E-state index contributed by atoms with van der Waals surface area (Å²) >= 11 is 6.10. The molecule has 1 fully saturated rings. The number of halogens is 1. The van der Waals surface area contributed by atoms with Crippen LogP contribution in [-0.4, -0.2) is 58.4 Å². The van der Waals surface area contributed by atoms with Gasteiger partial charge in [0.25, 0.3) is 17.7 Å². The number of hydrogen-bond acceptors (Lipinski definition) is 5. The zero-order chi connectivity index (χ0) is 25.7. The van der Waals surface area contributed by atoms with Crippen molar-refractivity contribution in [2.45, 2.75) is 19.8 Å². The fourth-order valence-corrected chi connectivity index (χ4v) is 4.41. The first-order chi connectivity index (χ1) is 17.3. The molecule has 0 bridgehead atoms. The van der Waals surface area contributed by atoms with E-state index in [1.54, 1.807) is 48.5 Å². The van der Waals surface area contributed by atoms with Crippen molar-refractivity contribution in [3.63, 3.8) is 0 Å². The molecule has 0 aliphatic carbocycles. The lowest BCUT2D eigenvalue weighted by molar-refractivity contribution is 0.0921. The third kappa shape index (κ3) is 5.92. The molecule has 10 heteroatoms. The summed E-state index contributed by atoms with van der Waals surface area (Å²) < 4.78 is 1.51. The zero-order valence-electron chi connectivity index (χ0n) is 20.0.